The van der Waals surface area contributed by atoms with Crippen LogP contribution >= 0.6 is 23.1 Å². The predicted octanol–water partition coefficient (Wildman–Crippen LogP) is 4.03. The van der Waals surface area contributed by atoms with Crippen LogP contribution < -0.4 is 5.32 Å². The highest BCUT2D eigenvalue weighted by Gasteiger charge is 2.16. The van der Waals surface area contributed by atoms with Gasteiger partial charge in [0.1, 0.15) is 0 Å². The number of esters is 1. The molecule has 0 bridgehead atoms. The van der Waals surface area contributed by atoms with Crippen LogP contribution in [0.15, 0.2) is 70.9 Å². The van der Waals surface area contributed by atoms with Crippen molar-refractivity contribution in [1.82, 2.24) is 5.32 Å². The maximum Gasteiger partial charge on any atom is 0.339 e. The van der Waals surface area contributed by atoms with Gasteiger partial charge in [-0.1, -0.05) is 30.3 Å². The molecule has 2 aromatic carbocycles. The molecule has 0 saturated carbocycles. The van der Waals surface area contributed by atoms with Gasteiger partial charge in [0.2, 0.25) is 0 Å². The van der Waals surface area contributed by atoms with E-state index >= 15 is 0 Å². The van der Waals surface area contributed by atoms with Crippen molar-refractivity contribution >= 4 is 40.9 Å². The van der Waals surface area contributed by atoms with Gasteiger partial charge in [-0.3, -0.25) is 14.9 Å². The summed E-state index contributed by atoms with van der Waals surface area (Å²) in [4.78, 5) is 37.3. The number of benzene rings is 2. The SMILES string of the molecule is N#Cc1ccc(CSc2ccccc2C(=O)OCC(=O)NC(=O)c2cccs2)cc1. The van der Waals surface area contributed by atoms with Crippen molar-refractivity contribution in [2.24, 2.45) is 0 Å². The molecule has 0 fully saturated rings. The Labute approximate surface area is 181 Å². The van der Waals surface area contributed by atoms with Crippen LogP contribution in [0.4, 0.5) is 0 Å². The molecule has 1 heterocycles. The smallest absolute Gasteiger partial charge is 0.339 e. The van der Waals surface area contributed by atoms with Crippen molar-refractivity contribution in [3.05, 3.63) is 87.6 Å². The number of rotatable bonds is 7. The zero-order chi connectivity index (χ0) is 21.3. The summed E-state index contributed by atoms with van der Waals surface area (Å²) < 4.78 is 5.08. The average Bonchev–Trinajstić information content (AvgIpc) is 3.32. The lowest BCUT2D eigenvalue weighted by atomic mass is 10.2. The van der Waals surface area contributed by atoms with Crippen molar-refractivity contribution in [1.29, 1.82) is 5.26 Å². The van der Waals surface area contributed by atoms with E-state index in [9.17, 15) is 14.4 Å². The Morgan fingerprint density at radius 2 is 1.80 bits per heavy atom. The van der Waals surface area contributed by atoms with Crippen molar-refractivity contribution < 1.29 is 19.1 Å². The van der Waals surface area contributed by atoms with Gasteiger partial charge in [-0.2, -0.15) is 5.26 Å². The number of hydrogen-bond donors (Lipinski definition) is 1. The maximum absolute atomic E-state index is 12.4. The molecule has 2 amide bonds. The van der Waals surface area contributed by atoms with Crippen LogP contribution in [0.3, 0.4) is 0 Å². The van der Waals surface area contributed by atoms with E-state index in [2.05, 4.69) is 11.4 Å². The zero-order valence-corrected chi connectivity index (χ0v) is 17.3. The minimum absolute atomic E-state index is 0.341. The van der Waals surface area contributed by atoms with E-state index in [1.807, 2.05) is 18.2 Å². The number of nitrogens with one attached hydrogen (secondary N) is 1. The molecular formula is C22H16N2O4S2. The van der Waals surface area contributed by atoms with Crippen LogP contribution in [0, 0.1) is 11.3 Å². The van der Waals surface area contributed by atoms with E-state index in [1.165, 1.54) is 23.1 Å². The number of carbonyl (C=O) groups excluding carboxylic acids is 3. The summed E-state index contributed by atoms with van der Waals surface area (Å²) in [6.07, 6.45) is 0. The number of nitriles is 1. The number of amides is 2. The van der Waals surface area contributed by atoms with Gasteiger partial charge in [-0.25, -0.2) is 4.79 Å². The first-order valence-electron chi connectivity index (χ1n) is 8.82. The number of hydrogen-bond acceptors (Lipinski definition) is 7. The third kappa shape index (κ3) is 5.80. The van der Waals surface area contributed by atoms with E-state index in [4.69, 9.17) is 10.00 Å². The highest BCUT2D eigenvalue weighted by atomic mass is 32.2. The molecule has 30 heavy (non-hydrogen) atoms. The Kier molecular flexibility index (Phi) is 7.38. The minimum atomic E-state index is -0.690. The third-order valence-corrected chi connectivity index (χ3v) is 5.93. The molecule has 0 aliphatic heterocycles. The van der Waals surface area contributed by atoms with Crippen LogP contribution in [-0.4, -0.2) is 24.4 Å². The number of imide groups is 1. The van der Waals surface area contributed by atoms with Gasteiger partial charge < -0.3 is 4.74 Å². The van der Waals surface area contributed by atoms with Gasteiger partial charge in [0.05, 0.1) is 22.1 Å². The Bertz CT molecular complexity index is 1090. The van der Waals surface area contributed by atoms with E-state index < -0.39 is 24.4 Å². The van der Waals surface area contributed by atoms with E-state index in [-0.39, 0.29) is 0 Å². The molecule has 3 aromatic rings. The van der Waals surface area contributed by atoms with Gasteiger partial charge in [0.25, 0.3) is 11.8 Å². The quantitative estimate of drug-likeness (QED) is 0.444. The summed E-state index contributed by atoms with van der Waals surface area (Å²) in [7, 11) is 0. The summed E-state index contributed by atoms with van der Waals surface area (Å²) in [5, 5.41) is 12.8. The van der Waals surface area contributed by atoms with Crippen LogP contribution in [-0.2, 0) is 15.3 Å². The average molecular weight is 437 g/mol. The molecule has 0 atom stereocenters. The fourth-order valence-corrected chi connectivity index (χ4v) is 4.05. The summed E-state index contributed by atoms with van der Waals surface area (Å²) in [5.41, 5.74) is 1.94. The van der Waals surface area contributed by atoms with Crippen LogP contribution in [0.2, 0.25) is 0 Å². The van der Waals surface area contributed by atoms with E-state index in [0.29, 0.717) is 26.7 Å². The topological polar surface area (TPSA) is 96.3 Å². The molecule has 1 aromatic heterocycles. The fraction of sp³-hybridized carbons (Fsp3) is 0.0909. The first kappa shape index (κ1) is 21.3. The molecule has 0 radical (unpaired) electrons. The van der Waals surface area contributed by atoms with Crippen molar-refractivity contribution in [3.63, 3.8) is 0 Å². The molecule has 150 valence electrons. The molecule has 3 rings (SSSR count). The van der Waals surface area contributed by atoms with Crippen molar-refractivity contribution in [2.75, 3.05) is 6.61 Å². The van der Waals surface area contributed by atoms with Crippen LogP contribution in [0.25, 0.3) is 0 Å². The molecular weight excluding hydrogens is 420 g/mol. The van der Waals surface area contributed by atoms with Gasteiger partial charge >= 0.3 is 5.97 Å². The molecule has 1 N–H and O–H groups in total. The molecule has 0 saturated heterocycles. The van der Waals surface area contributed by atoms with Crippen LogP contribution in [0.5, 0.6) is 0 Å². The van der Waals surface area contributed by atoms with Crippen LogP contribution in [0.1, 0.15) is 31.2 Å². The summed E-state index contributed by atoms with van der Waals surface area (Å²) in [5.74, 6) is -1.25. The molecule has 0 spiro atoms. The predicted molar refractivity (Wildman–Crippen MR) is 114 cm³/mol. The number of thioether (sulfide) groups is 1. The zero-order valence-electron chi connectivity index (χ0n) is 15.7. The fourth-order valence-electron chi connectivity index (χ4n) is 2.44. The Balaban J connectivity index is 1.56. The Hall–Kier alpha value is -3.41. The molecule has 0 unspecified atom stereocenters. The summed E-state index contributed by atoms with van der Waals surface area (Å²) in [6, 6.07) is 19.5. The lowest BCUT2D eigenvalue weighted by Gasteiger charge is -2.09. The number of ether oxygens (including phenoxy) is 1. The largest absolute Gasteiger partial charge is 0.452 e. The second-order valence-corrected chi connectivity index (χ2v) is 7.99. The van der Waals surface area contributed by atoms with Gasteiger partial charge in [0.15, 0.2) is 6.61 Å². The molecule has 6 nitrogen and oxygen atoms in total. The van der Waals surface area contributed by atoms with Gasteiger partial charge in [0, 0.05) is 10.6 Å². The molecule has 8 heteroatoms. The van der Waals surface area contributed by atoms with Crippen molar-refractivity contribution in [2.45, 2.75) is 10.6 Å². The molecule has 0 aliphatic rings. The summed E-state index contributed by atoms with van der Waals surface area (Å²) in [6.45, 7) is -0.551. The van der Waals surface area contributed by atoms with Gasteiger partial charge in [-0.15, -0.1) is 23.1 Å². The number of nitrogens with zero attached hydrogens (tertiary/aromatic N) is 1. The minimum Gasteiger partial charge on any atom is -0.452 e. The maximum atomic E-state index is 12.4. The first-order valence-corrected chi connectivity index (χ1v) is 10.7. The standard InChI is InChI=1S/C22H16N2O4S2/c23-12-15-7-9-16(10-8-15)14-30-18-5-2-1-4-17(18)22(27)28-13-20(25)24-21(26)19-6-3-11-29-19/h1-11H,13-14H2,(H,24,25,26). The third-order valence-electron chi connectivity index (χ3n) is 3.92. The Morgan fingerprint density at radius 1 is 1.03 bits per heavy atom. The van der Waals surface area contributed by atoms with E-state index in [1.54, 1.807) is 47.8 Å². The monoisotopic (exact) mass is 436 g/mol. The normalized spacial score (nSPS) is 10.1. The number of thiophene rings is 1. The van der Waals surface area contributed by atoms with E-state index in [0.717, 1.165) is 5.56 Å². The second-order valence-electron chi connectivity index (χ2n) is 6.02. The first-order chi connectivity index (χ1) is 14.6. The lowest BCUT2D eigenvalue weighted by molar-refractivity contribution is -0.123. The Morgan fingerprint density at radius 3 is 2.50 bits per heavy atom. The second kappa shape index (κ2) is 10.4. The highest BCUT2D eigenvalue weighted by molar-refractivity contribution is 7.98. The molecule has 0 aliphatic carbocycles. The van der Waals surface area contributed by atoms with Crippen molar-refractivity contribution in [3.8, 4) is 6.07 Å². The number of carbonyl (C=O) groups is 3. The van der Waals surface area contributed by atoms with Gasteiger partial charge in [-0.05, 0) is 41.3 Å². The summed E-state index contributed by atoms with van der Waals surface area (Å²) >= 11 is 2.66. The highest BCUT2D eigenvalue weighted by Crippen LogP contribution is 2.27. The lowest BCUT2D eigenvalue weighted by Crippen LogP contribution is -2.33.